The molecule has 140 valence electrons. The number of fused-ring (bicyclic) bond motifs is 1. The number of nitrogens with zero attached hydrogens (tertiary/aromatic N) is 2. The molecule has 0 atom stereocenters. The molecule has 2 heterocycles. The Kier molecular flexibility index (Phi) is 6.33. The van der Waals surface area contributed by atoms with Crippen LogP contribution in [-0.2, 0) is 24.6 Å². The van der Waals surface area contributed by atoms with Crippen molar-refractivity contribution in [1.29, 1.82) is 0 Å². The molecule has 1 amide bonds. The van der Waals surface area contributed by atoms with Crippen LogP contribution in [0, 0.1) is 3.57 Å². The molecule has 0 fully saturated rings. The van der Waals surface area contributed by atoms with E-state index in [0.717, 1.165) is 41.2 Å². The summed E-state index contributed by atoms with van der Waals surface area (Å²) in [7, 11) is 1.73. The van der Waals surface area contributed by atoms with Gasteiger partial charge in [-0.15, -0.1) is 11.3 Å². The molecule has 2 aromatic rings. The predicted octanol–water partition coefficient (Wildman–Crippen LogP) is 4.17. The van der Waals surface area contributed by atoms with Crippen molar-refractivity contribution < 1.29 is 14.3 Å². The van der Waals surface area contributed by atoms with Crippen molar-refractivity contribution in [1.82, 2.24) is 9.78 Å². The highest BCUT2D eigenvalue weighted by Crippen LogP contribution is 2.38. The highest BCUT2D eigenvalue weighted by molar-refractivity contribution is 14.1. The number of halogens is 1. The zero-order valence-electron chi connectivity index (χ0n) is 14.9. The maximum atomic E-state index is 12.8. The van der Waals surface area contributed by atoms with Crippen LogP contribution >= 0.6 is 33.9 Å². The largest absolute Gasteiger partial charge is 0.462 e. The van der Waals surface area contributed by atoms with Gasteiger partial charge in [-0.3, -0.25) is 9.48 Å². The van der Waals surface area contributed by atoms with Gasteiger partial charge in [-0.1, -0.05) is 13.3 Å². The van der Waals surface area contributed by atoms with Gasteiger partial charge in [0.25, 0.3) is 5.91 Å². The Balaban J connectivity index is 1.95. The molecule has 0 bridgehead atoms. The number of anilines is 1. The minimum Gasteiger partial charge on any atom is -0.462 e. The fourth-order valence-electron chi connectivity index (χ4n) is 3.14. The monoisotopic (exact) mass is 487 g/mol. The van der Waals surface area contributed by atoms with Crippen LogP contribution in [0.3, 0.4) is 0 Å². The molecule has 0 unspecified atom stereocenters. The second-order valence-corrected chi connectivity index (χ2v) is 8.59. The quantitative estimate of drug-likeness (QED) is 0.391. The van der Waals surface area contributed by atoms with Crippen LogP contribution < -0.4 is 5.32 Å². The number of aromatic nitrogens is 2. The summed E-state index contributed by atoms with van der Waals surface area (Å²) in [4.78, 5) is 26.6. The maximum absolute atomic E-state index is 12.8. The Morgan fingerprint density at radius 2 is 2.12 bits per heavy atom. The Bertz CT molecular complexity index is 809. The number of esters is 1. The van der Waals surface area contributed by atoms with Gasteiger partial charge in [-0.05, 0) is 60.3 Å². The minimum absolute atomic E-state index is 0.254. The van der Waals surface area contributed by atoms with Crippen molar-refractivity contribution in [2.45, 2.75) is 45.4 Å². The predicted molar refractivity (Wildman–Crippen MR) is 110 cm³/mol. The van der Waals surface area contributed by atoms with E-state index < -0.39 is 0 Å². The Hall–Kier alpha value is -1.42. The third-order valence-electron chi connectivity index (χ3n) is 4.40. The van der Waals surface area contributed by atoms with Crippen molar-refractivity contribution >= 4 is 50.8 Å². The van der Waals surface area contributed by atoms with Crippen LogP contribution in [0.1, 0.15) is 63.9 Å². The Labute approximate surface area is 170 Å². The van der Waals surface area contributed by atoms with Gasteiger partial charge in [0.15, 0.2) is 0 Å². The molecular weight excluding hydrogens is 465 g/mol. The third-order valence-corrected chi connectivity index (χ3v) is 6.40. The minimum atomic E-state index is -0.332. The molecule has 26 heavy (non-hydrogen) atoms. The lowest BCUT2D eigenvalue weighted by Gasteiger charge is -2.09. The van der Waals surface area contributed by atoms with Gasteiger partial charge in [0.05, 0.1) is 21.9 Å². The van der Waals surface area contributed by atoms with Crippen LogP contribution in [-0.4, -0.2) is 28.3 Å². The van der Waals surface area contributed by atoms with Crippen molar-refractivity contribution in [3.63, 3.8) is 0 Å². The average molecular weight is 487 g/mol. The first-order valence-electron chi connectivity index (χ1n) is 8.83. The van der Waals surface area contributed by atoms with Crippen LogP contribution in [0.2, 0.25) is 0 Å². The molecule has 6 nitrogen and oxygen atoms in total. The van der Waals surface area contributed by atoms with Crippen LogP contribution in [0.15, 0.2) is 6.20 Å². The number of hydrogen-bond donors (Lipinski definition) is 1. The fourth-order valence-corrected chi connectivity index (χ4v) is 5.13. The number of hydrogen-bond acceptors (Lipinski definition) is 5. The summed E-state index contributed by atoms with van der Waals surface area (Å²) in [6.45, 7) is 2.35. The van der Waals surface area contributed by atoms with Crippen molar-refractivity contribution in [3.8, 4) is 0 Å². The Morgan fingerprint density at radius 1 is 1.35 bits per heavy atom. The van der Waals surface area contributed by atoms with E-state index in [9.17, 15) is 9.59 Å². The molecule has 0 saturated carbocycles. The van der Waals surface area contributed by atoms with E-state index >= 15 is 0 Å². The molecular formula is C18H22IN3O3S. The molecule has 0 aliphatic heterocycles. The smallest absolute Gasteiger partial charge is 0.341 e. The van der Waals surface area contributed by atoms with Gasteiger partial charge in [-0.25, -0.2) is 4.79 Å². The van der Waals surface area contributed by atoms with E-state index in [0.29, 0.717) is 22.9 Å². The number of ether oxygens (including phenoxy) is 1. The normalized spacial score (nSPS) is 13.8. The first-order chi connectivity index (χ1) is 12.5. The standard InChI is InChI=1S/C18H22IN3O3S/c1-3-9-25-18(24)14-11-7-5-4-6-8-13(11)26-17(14)21-16(23)15-12(19)10-20-22(15)2/h10H,3-9H2,1-2H3,(H,21,23). The van der Waals surface area contributed by atoms with Gasteiger partial charge in [0.1, 0.15) is 10.7 Å². The molecule has 0 aromatic carbocycles. The van der Waals surface area contributed by atoms with Crippen LogP contribution in [0.4, 0.5) is 5.00 Å². The van der Waals surface area contributed by atoms with Crippen LogP contribution in [0.25, 0.3) is 0 Å². The summed E-state index contributed by atoms with van der Waals surface area (Å²) < 4.78 is 7.72. The summed E-state index contributed by atoms with van der Waals surface area (Å²) in [5.41, 5.74) is 2.09. The van der Waals surface area contributed by atoms with Gasteiger partial charge in [-0.2, -0.15) is 5.10 Å². The molecule has 2 aromatic heterocycles. The lowest BCUT2D eigenvalue weighted by Crippen LogP contribution is -2.19. The summed E-state index contributed by atoms with van der Waals surface area (Å²) >= 11 is 3.60. The first kappa shape index (κ1) is 19.3. The van der Waals surface area contributed by atoms with Crippen molar-refractivity contribution in [3.05, 3.63) is 31.5 Å². The second-order valence-electron chi connectivity index (χ2n) is 6.32. The fraction of sp³-hybridized carbons (Fsp3) is 0.500. The van der Waals surface area contributed by atoms with E-state index in [1.807, 2.05) is 6.92 Å². The molecule has 0 radical (unpaired) electrons. The highest BCUT2D eigenvalue weighted by atomic mass is 127. The van der Waals surface area contributed by atoms with E-state index in [4.69, 9.17) is 4.74 Å². The average Bonchev–Trinajstić information content (AvgIpc) is 3.02. The van der Waals surface area contributed by atoms with Gasteiger partial charge in [0, 0.05) is 11.9 Å². The molecule has 1 aliphatic carbocycles. The third kappa shape index (κ3) is 3.95. The number of carbonyl (C=O) groups is 2. The molecule has 0 saturated heterocycles. The molecule has 1 aliphatic rings. The summed E-state index contributed by atoms with van der Waals surface area (Å²) in [5.74, 6) is -0.586. The summed E-state index contributed by atoms with van der Waals surface area (Å²) in [5, 5.41) is 7.65. The summed E-state index contributed by atoms with van der Waals surface area (Å²) in [6.07, 6.45) is 7.58. The number of amides is 1. The zero-order chi connectivity index (χ0) is 18.7. The van der Waals surface area contributed by atoms with Gasteiger partial charge in [0.2, 0.25) is 0 Å². The zero-order valence-corrected chi connectivity index (χ0v) is 17.9. The molecule has 8 heteroatoms. The van der Waals surface area contributed by atoms with Gasteiger partial charge >= 0.3 is 5.97 Å². The first-order valence-corrected chi connectivity index (χ1v) is 10.7. The number of thiophene rings is 1. The molecule has 1 N–H and O–H groups in total. The lowest BCUT2D eigenvalue weighted by atomic mass is 10.1. The van der Waals surface area contributed by atoms with Gasteiger partial charge < -0.3 is 10.1 Å². The molecule has 3 rings (SSSR count). The topological polar surface area (TPSA) is 73.2 Å². The van der Waals surface area contributed by atoms with Crippen molar-refractivity contribution in [2.75, 3.05) is 11.9 Å². The number of carbonyl (C=O) groups excluding carboxylic acids is 2. The summed E-state index contributed by atoms with van der Waals surface area (Å²) in [6, 6.07) is 0. The second kappa shape index (κ2) is 8.51. The van der Waals surface area contributed by atoms with E-state index in [1.54, 1.807) is 17.9 Å². The SMILES string of the molecule is CCCOC(=O)c1c(NC(=O)c2c(I)cnn2C)sc2c1CCCCC2. The maximum Gasteiger partial charge on any atom is 0.341 e. The van der Waals surface area contributed by atoms with Crippen molar-refractivity contribution in [2.24, 2.45) is 7.05 Å². The number of nitrogens with one attached hydrogen (secondary N) is 1. The van der Waals surface area contributed by atoms with E-state index in [-0.39, 0.29) is 11.9 Å². The number of aryl methyl sites for hydroxylation is 2. The van der Waals surface area contributed by atoms with Crippen LogP contribution in [0.5, 0.6) is 0 Å². The van der Waals surface area contributed by atoms with E-state index in [2.05, 4.69) is 33.0 Å². The molecule has 0 spiro atoms. The number of rotatable bonds is 5. The lowest BCUT2D eigenvalue weighted by molar-refractivity contribution is 0.0505. The Morgan fingerprint density at radius 3 is 2.81 bits per heavy atom. The van der Waals surface area contributed by atoms with E-state index in [1.165, 1.54) is 22.6 Å². The highest BCUT2D eigenvalue weighted by Gasteiger charge is 2.27.